The van der Waals surface area contributed by atoms with Gasteiger partial charge in [-0.2, -0.15) is 0 Å². The van der Waals surface area contributed by atoms with Gasteiger partial charge in [0.2, 0.25) is 0 Å². The Morgan fingerprint density at radius 3 is 3.18 bits per heavy atom. The fourth-order valence-corrected chi connectivity index (χ4v) is 2.16. The van der Waals surface area contributed by atoms with Crippen molar-refractivity contribution in [1.82, 2.24) is 5.32 Å². The number of hydrogen-bond acceptors (Lipinski definition) is 3. The zero-order chi connectivity index (χ0) is 11.9. The van der Waals surface area contributed by atoms with Crippen molar-refractivity contribution in [3.05, 3.63) is 24.2 Å². The molecule has 94 valence electrons. The van der Waals surface area contributed by atoms with Crippen molar-refractivity contribution in [1.29, 1.82) is 0 Å². The predicted octanol–water partition coefficient (Wildman–Crippen LogP) is 3.16. The molecule has 1 aliphatic rings. The second-order valence-corrected chi connectivity index (χ2v) is 4.80. The molecule has 1 aromatic heterocycles. The van der Waals surface area contributed by atoms with Gasteiger partial charge in [0.1, 0.15) is 5.76 Å². The number of aliphatic imine (C=N–C) groups is 1. The van der Waals surface area contributed by atoms with Crippen LogP contribution in [0.3, 0.4) is 0 Å². The number of rotatable bonds is 4. The molecule has 2 rings (SSSR count). The second kappa shape index (κ2) is 6.48. The first-order valence-electron chi connectivity index (χ1n) is 6.67. The molecule has 0 fully saturated rings. The van der Waals surface area contributed by atoms with Crippen LogP contribution in [0, 0.1) is 0 Å². The van der Waals surface area contributed by atoms with Gasteiger partial charge in [-0.25, -0.2) is 0 Å². The number of nitrogens with one attached hydrogen (secondary N) is 1. The van der Waals surface area contributed by atoms with Crippen LogP contribution in [0.1, 0.15) is 44.8 Å². The molecule has 1 N–H and O–H groups in total. The maximum atomic E-state index is 5.34. The number of aryl methyl sites for hydroxylation is 1. The molecule has 17 heavy (non-hydrogen) atoms. The molecule has 0 aliphatic carbocycles. The first kappa shape index (κ1) is 12.2. The summed E-state index contributed by atoms with van der Waals surface area (Å²) in [4.78, 5) is 4.59. The minimum absolute atomic E-state index is 0.469. The van der Waals surface area contributed by atoms with Crippen LogP contribution in [0.25, 0.3) is 0 Å². The lowest BCUT2D eigenvalue weighted by Crippen LogP contribution is -2.32. The van der Waals surface area contributed by atoms with E-state index in [9.17, 15) is 0 Å². The highest BCUT2D eigenvalue weighted by Crippen LogP contribution is 2.09. The summed E-state index contributed by atoms with van der Waals surface area (Å²) >= 11 is 0. The van der Waals surface area contributed by atoms with E-state index in [1.165, 1.54) is 25.1 Å². The molecule has 0 spiro atoms. The highest BCUT2D eigenvalue weighted by molar-refractivity contribution is 5.82. The average molecular weight is 234 g/mol. The Kier molecular flexibility index (Phi) is 4.65. The number of amidine groups is 1. The van der Waals surface area contributed by atoms with Crippen LogP contribution in [0.2, 0.25) is 0 Å². The monoisotopic (exact) mass is 234 g/mol. The summed E-state index contributed by atoms with van der Waals surface area (Å²) < 4.78 is 5.34. The lowest BCUT2D eigenvalue weighted by molar-refractivity contribution is 0.482. The minimum Gasteiger partial charge on any atom is -0.469 e. The van der Waals surface area contributed by atoms with E-state index in [1.807, 2.05) is 12.1 Å². The largest absolute Gasteiger partial charge is 0.469 e. The lowest BCUT2D eigenvalue weighted by atomic mass is 10.1. The highest BCUT2D eigenvalue weighted by Gasteiger charge is 2.08. The molecular formula is C14H22N2O. The highest BCUT2D eigenvalue weighted by atomic mass is 16.3. The maximum Gasteiger partial charge on any atom is 0.103 e. The van der Waals surface area contributed by atoms with E-state index in [-0.39, 0.29) is 0 Å². The zero-order valence-corrected chi connectivity index (χ0v) is 10.6. The van der Waals surface area contributed by atoms with Gasteiger partial charge in [-0.1, -0.05) is 6.42 Å². The smallest absolute Gasteiger partial charge is 0.103 e. The van der Waals surface area contributed by atoms with E-state index >= 15 is 0 Å². The van der Waals surface area contributed by atoms with Crippen LogP contribution in [-0.4, -0.2) is 18.4 Å². The SMILES string of the molecule is CC(CCc1ccco1)NC1=NCCCCC1. The van der Waals surface area contributed by atoms with Crippen LogP contribution in [-0.2, 0) is 6.42 Å². The van der Waals surface area contributed by atoms with Crippen molar-refractivity contribution in [3.63, 3.8) is 0 Å². The van der Waals surface area contributed by atoms with Crippen molar-refractivity contribution in [2.24, 2.45) is 4.99 Å². The molecule has 0 radical (unpaired) electrons. The van der Waals surface area contributed by atoms with Crippen LogP contribution in [0.4, 0.5) is 0 Å². The minimum atomic E-state index is 0.469. The van der Waals surface area contributed by atoms with Crippen molar-refractivity contribution >= 4 is 5.84 Å². The summed E-state index contributed by atoms with van der Waals surface area (Å²) in [5.74, 6) is 2.27. The quantitative estimate of drug-likeness (QED) is 0.869. The third kappa shape index (κ3) is 4.25. The normalized spacial score (nSPS) is 18.3. The van der Waals surface area contributed by atoms with E-state index in [4.69, 9.17) is 4.42 Å². The van der Waals surface area contributed by atoms with Gasteiger partial charge in [-0.15, -0.1) is 0 Å². The van der Waals surface area contributed by atoms with Gasteiger partial charge in [0.25, 0.3) is 0 Å². The van der Waals surface area contributed by atoms with Gasteiger partial charge < -0.3 is 9.73 Å². The average Bonchev–Trinajstić information content (AvgIpc) is 2.72. The third-order valence-corrected chi connectivity index (χ3v) is 3.19. The molecule has 1 aliphatic heterocycles. The molecule has 3 heteroatoms. The lowest BCUT2D eigenvalue weighted by Gasteiger charge is -2.15. The summed E-state index contributed by atoms with van der Waals surface area (Å²) in [5.41, 5.74) is 0. The zero-order valence-electron chi connectivity index (χ0n) is 10.6. The van der Waals surface area contributed by atoms with E-state index in [0.29, 0.717) is 6.04 Å². The van der Waals surface area contributed by atoms with E-state index in [1.54, 1.807) is 6.26 Å². The van der Waals surface area contributed by atoms with Crippen molar-refractivity contribution in [2.75, 3.05) is 6.54 Å². The Morgan fingerprint density at radius 1 is 1.41 bits per heavy atom. The van der Waals surface area contributed by atoms with Gasteiger partial charge in [0.05, 0.1) is 12.1 Å². The summed E-state index contributed by atoms with van der Waals surface area (Å²) in [6, 6.07) is 4.45. The summed E-state index contributed by atoms with van der Waals surface area (Å²) in [6.45, 7) is 3.21. The first-order valence-corrected chi connectivity index (χ1v) is 6.67. The molecule has 0 amide bonds. The van der Waals surface area contributed by atoms with Gasteiger partial charge in [-0.3, -0.25) is 4.99 Å². The van der Waals surface area contributed by atoms with Crippen LogP contribution >= 0.6 is 0 Å². The molecule has 1 aromatic rings. The van der Waals surface area contributed by atoms with Crippen molar-refractivity contribution in [2.45, 2.75) is 51.5 Å². The van der Waals surface area contributed by atoms with Crippen molar-refractivity contribution in [3.8, 4) is 0 Å². The second-order valence-electron chi connectivity index (χ2n) is 4.80. The molecule has 0 bridgehead atoms. The van der Waals surface area contributed by atoms with E-state index < -0.39 is 0 Å². The fourth-order valence-electron chi connectivity index (χ4n) is 2.16. The molecular weight excluding hydrogens is 212 g/mol. The van der Waals surface area contributed by atoms with Crippen LogP contribution in [0.5, 0.6) is 0 Å². The van der Waals surface area contributed by atoms with Gasteiger partial charge in [0, 0.05) is 25.4 Å². The molecule has 0 saturated carbocycles. The van der Waals surface area contributed by atoms with Gasteiger partial charge in [0.15, 0.2) is 0 Å². The predicted molar refractivity (Wildman–Crippen MR) is 70.4 cm³/mol. The Bertz CT molecular complexity index is 343. The molecule has 0 aromatic carbocycles. The number of nitrogens with zero attached hydrogens (tertiary/aromatic N) is 1. The van der Waals surface area contributed by atoms with Gasteiger partial charge in [-0.05, 0) is 38.3 Å². The fraction of sp³-hybridized carbons (Fsp3) is 0.643. The molecule has 2 heterocycles. The third-order valence-electron chi connectivity index (χ3n) is 3.19. The Labute approximate surface area is 103 Å². The van der Waals surface area contributed by atoms with E-state index in [2.05, 4.69) is 17.2 Å². The Hall–Kier alpha value is -1.25. The molecule has 1 atom stereocenters. The van der Waals surface area contributed by atoms with Crippen LogP contribution in [0.15, 0.2) is 27.8 Å². The van der Waals surface area contributed by atoms with Crippen LogP contribution < -0.4 is 5.32 Å². The summed E-state index contributed by atoms with van der Waals surface area (Å²) in [5, 5.41) is 3.53. The molecule has 0 saturated heterocycles. The Morgan fingerprint density at radius 2 is 2.35 bits per heavy atom. The van der Waals surface area contributed by atoms with Gasteiger partial charge >= 0.3 is 0 Å². The standard InChI is InChI=1S/C14H22N2O/c1-12(8-9-13-6-5-11-17-13)16-14-7-3-2-4-10-15-14/h5-6,11-12H,2-4,7-10H2,1H3,(H,15,16). The number of furan rings is 1. The number of hydrogen-bond donors (Lipinski definition) is 1. The topological polar surface area (TPSA) is 37.5 Å². The summed E-state index contributed by atoms with van der Waals surface area (Å²) in [7, 11) is 0. The first-order chi connectivity index (χ1) is 8.34. The molecule has 3 nitrogen and oxygen atoms in total. The summed E-state index contributed by atoms with van der Waals surface area (Å²) in [6.07, 6.45) is 8.77. The van der Waals surface area contributed by atoms with Crippen molar-refractivity contribution < 1.29 is 4.42 Å². The molecule has 1 unspecified atom stereocenters. The Balaban J connectivity index is 1.72. The van der Waals surface area contributed by atoms with E-state index in [0.717, 1.165) is 31.6 Å². The maximum absolute atomic E-state index is 5.34.